The molecule has 12 heavy (non-hydrogen) atoms. The van der Waals surface area contributed by atoms with Gasteiger partial charge >= 0.3 is 78.5 Å². The van der Waals surface area contributed by atoms with Crippen molar-refractivity contribution in [2.24, 2.45) is 0 Å². The van der Waals surface area contributed by atoms with Gasteiger partial charge in [0.1, 0.15) is 0 Å². The van der Waals surface area contributed by atoms with Crippen molar-refractivity contribution in [2.45, 2.75) is 0 Å². The van der Waals surface area contributed by atoms with Gasteiger partial charge in [-0.3, -0.25) is 0 Å². The van der Waals surface area contributed by atoms with Crippen LogP contribution in [0.2, 0.25) is 0 Å². The Morgan fingerprint density at radius 3 is 2.83 bits per heavy atom. The van der Waals surface area contributed by atoms with Gasteiger partial charge in [0.15, 0.2) is 0 Å². The molecule has 60 valence electrons. The molecule has 1 atom stereocenters. The molecule has 0 aromatic heterocycles. The number of carbonyl (C=O) groups is 1. The summed E-state index contributed by atoms with van der Waals surface area (Å²) < 4.78 is 0.689. The van der Waals surface area contributed by atoms with Gasteiger partial charge in [0, 0.05) is 0 Å². The van der Waals surface area contributed by atoms with E-state index in [1.807, 2.05) is 36.5 Å². The number of nitrogens with one attached hydrogen (secondary N) is 1. The van der Waals surface area contributed by atoms with Gasteiger partial charge in [-0.2, -0.15) is 0 Å². The molecule has 2 rings (SSSR count). The number of quaternary nitrogens is 1. The first kappa shape index (κ1) is 7.74. The van der Waals surface area contributed by atoms with Crippen molar-refractivity contribution in [1.82, 2.24) is 0 Å². The molecule has 1 unspecified atom stereocenters. The molecule has 2 nitrogen and oxygen atoms in total. The van der Waals surface area contributed by atoms with Crippen LogP contribution >= 0.6 is 0 Å². The predicted octanol–water partition coefficient (Wildman–Crippen LogP) is -0.220. The molecule has 1 aliphatic rings. The van der Waals surface area contributed by atoms with Crippen LogP contribution in [0.4, 0.5) is 0 Å². The molecule has 1 aromatic carbocycles. The van der Waals surface area contributed by atoms with Crippen LogP contribution in [0.5, 0.6) is 0 Å². The zero-order chi connectivity index (χ0) is 8.55. The summed E-state index contributed by atoms with van der Waals surface area (Å²) in [5.41, 5.74) is 1.79. The predicted molar refractivity (Wildman–Crippen MR) is 46.5 cm³/mol. The molecule has 0 saturated carbocycles. The Morgan fingerprint density at radius 1 is 1.25 bits per heavy atom. The standard InChI is InChI=1S/C9H7NOSe/c11-9-8-4-2-1-3-7(8)5-6-10(9)12/h1-6,10H. The number of carbonyl (C=O) groups excluding carboxylic acids is 1. The Hall–Kier alpha value is -0.891. The van der Waals surface area contributed by atoms with Crippen LogP contribution < -0.4 is 3.92 Å². The Balaban J connectivity index is 2.59. The van der Waals surface area contributed by atoms with Crippen LogP contribution in [0.15, 0.2) is 30.5 Å². The molecule has 1 amide bonds. The molecule has 0 bridgehead atoms. The van der Waals surface area contributed by atoms with Gasteiger partial charge in [0.2, 0.25) is 0 Å². The maximum absolute atomic E-state index is 11.5. The first-order valence-electron chi connectivity index (χ1n) is 3.65. The van der Waals surface area contributed by atoms with E-state index in [2.05, 4.69) is 16.2 Å². The first-order valence-corrected chi connectivity index (χ1v) is 4.50. The van der Waals surface area contributed by atoms with E-state index in [4.69, 9.17) is 0 Å². The van der Waals surface area contributed by atoms with E-state index in [0.717, 1.165) is 11.1 Å². The van der Waals surface area contributed by atoms with Gasteiger partial charge < -0.3 is 0 Å². The van der Waals surface area contributed by atoms with Crippen molar-refractivity contribution in [3.63, 3.8) is 0 Å². The fourth-order valence-electron chi connectivity index (χ4n) is 1.22. The van der Waals surface area contributed by atoms with Crippen molar-refractivity contribution in [2.75, 3.05) is 0 Å². The Morgan fingerprint density at radius 2 is 2.00 bits per heavy atom. The van der Waals surface area contributed by atoms with Gasteiger partial charge in [-0.25, -0.2) is 0 Å². The van der Waals surface area contributed by atoms with Crippen LogP contribution in [0, 0.1) is 0 Å². The van der Waals surface area contributed by atoms with Gasteiger partial charge in [-0.05, 0) is 0 Å². The van der Waals surface area contributed by atoms with E-state index in [1.54, 1.807) is 0 Å². The molecule has 1 N–H and O–H groups in total. The second-order valence-electron chi connectivity index (χ2n) is 2.61. The fraction of sp³-hybridized carbons (Fsp3) is 0. The van der Waals surface area contributed by atoms with Crippen LogP contribution in [0.1, 0.15) is 15.9 Å². The van der Waals surface area contributed by atoms with Crippen molar-refractivity contribution in [3.8, 4) is 0 Å². The summed E-state index contributed by atoms with van der Waals surface area (Å²) in [7, 11) is 0. The molecule has 0 saturated heterocycles. The summed E-state index contributed by atoms with van der Waals surface area (Å²) in [6.07, 6.45) is 3.76. The summed E-state index contributed by atoms with van der Waals surface area (Å²) in [6, 6.07) is 7.60. The van der Waals surface area contributed by atoms with Crippen LogP contribution in [-0.4, -0.2) is 22.1 Å². The van der Waals surface area contributed by atoms with Gasteiger partial charge in [0.25, 0.3) is 0 Å². The SMILES string of the molecule is O=C1c2ccccc2C=C[NH+]1[Se-]. The molecular weight excluding hydrogens is 217 g/mol. The third-order valence-electron chi connectivity index (χ3n) is 1.84. The number of rotatable bonds is 0. The molecular formula is C9H7NOSe. The van der Waals surface area contributed by atoms with E-state index in [0.29, 0.717) is 3.92 Å². The molecule has 1 aromatic rings. The average molecular weight is 224 g/mol. The summed E-state index contributed by atoms with van der Waals surface area (Å²) in [4.78, 5) is 11.5. The number of fused-ring (bicyclic) bond motifs is 1. The molecule has 0 aliphatic carbocycles. The minimum atomic E-state index is 0.0908. The number of amides is 1. The second kappa shape index (κ2) is 2.87. The van der Waals surface area contributed by atoms with Crippen LogP contribution in [0.3, 0.4) is 0 Å². The van der Waals surface area contributed by atoms with Gasteiger partial charge in [-0.1, -0.05) is 0 Å². The van der Waals surface area contributed by atoms with Crippen molar-refractivity contribution >= 4 is 28.2 Å². The summed E-state index contributed by atoms with van der Waals surface area (Å²) in [5.74, 6) is 0.0908. The average Bonchev–Trinajstić information content (AvgIpc) is 2.12. The molecule has 3 heteroatoms. The van der Waals surface area contributed by atoms with Gasteiger partial charge in [0.05, 0.1) is 0 Å². The van der Waals surface area contributed by atoms with Crippen LogP contribution in [-0.2, 0) is 0 Å². The fourth-order valence-corrected chi connectivity index (χ4v) is 1.60. The summed E-state index contributed by atoms with van der Waals surface area (Å²) >= 11 is 2.75. The van der Waals surface area contributed by atoms with Crippen LogP contribution in [0.25, 0.3) is 6.08 Å². The van der Waals surface area contributed by atoms with Crippen molar-refractivity contribution in [3.05, 3.63) is 41.6 Å². The van der Waals surface area contributed by atoms with E-state index in [9.17, 15) is 4.79 Å². The van der Waals surface area contributed by atoms with E-state index < -0.39 is 0 Å². The number of hydrogen-bond donors (Lipinski definition) is 1. The van der Waals surface area contributed by atoms with E-state index >= 15 is 0 Å². The summed E-state index contributed by atoms with van der Waals surface area (Å²) in [5, 5.41) is 0. The topological polar surface area (TPSA) is 21.5 Å². The molecule has 0 spiro atoms. The molecule has 0 radical (unpaired) electrons. The summed E-state index contributed by atoms with van der Waals surface area (Å²) in [6.45, 7) is 0. The number of benzene rings is 1. The van der Waals surface area contributed by atoms with Gasteiger partial charge in [-0.15, -0.1) is 0 Å². The maximum atomic E-state index is 11.5. The van der Waals surface area contributed by atoms with E-state index in [1.165, 1.54) is 0 Å². The zero-order valence-electron chi connectivity index (χ0n) is 6.28. The zero-order valence-corrected chi connectivity index (χ0v) is 7.99. The minimum absolute atomic E-state index is 0.0908. The molecule has 0 fully saturated rings. The molecule has 1 aliphatic heterocycles. The monoisotopic (exact) mass is 225 g/mol. The first-order chi connectivity index (χ1) is 5.79. The normalized spacial score (nSPS) is 20.8. The Kier molecular flexibility index (Phi) is 1.85. The third kappa shape index (κ3) is 1.12. The Labute approximate surface area is 78.9 Å². The number of hydrogen-bond acceptors (Lipinski definition) is 1. The quantitative estimate of drug-likeness (QED) is 0.604. The van der Waals surface area contributed by atoms with E-state index in [-0.39, 0.29) is 5.91 Å². The molecule has 1 heterocycles. The Bertz CT molecular complexity index is 359. The van der Waals surface area contributed by atoms with Crippen molar-refractivity contribution < 1.29 is 8.71 Å². The second-order valence-corrected chi connectivity index (χ2v) is 3.54. The van der Waals surface area contributed by atoms with Crippen molar-refractivity contribution in [1.29, 1.82) is 0 Å². The third-order valence-corrected chi connectivity index (χ3v) is 2.52.